The molecule has 0 aliphatic carbocycles. The van der Waals surface area contributed by atoms with Gasteiger partial charge in [0.05, 0.1) is 6.07 Å². The Morgan fingerprint density at radius 3 is 2.88 bits per heavy atom. The van der Waals surface area contributed by atoms with Crippen molar-refractivity contribution in [3.05, 3.63) is 11.7 Å². The molecule has 5 nitrogen and oxygen atoms in total. The summed E-state index contributed by atoms with van der Waals surface area (Å²) in [5.74, 6) is 1.65. The van der Waals surface area contributed by atoms with Crippen LogP contribution in [0.25, 0.3) is 0 Å². The highest BCUT2D eigenvalue weighted by Gasteiger charge is 2.10. The van der Waals surface area contributed by atoms with Crippen LogP contribution in [0.15, 0.2) is 4.52 Å². The van der Waals surface area contributed by atoms with E-state index in [4.69, 9.17) is 9.78 Å². The van der Waals surface area contributed by atoms with Gasteiger partial charge in [0.15, 0.2) is 5.82 Å². The molecular formula is C11H18N4O. The molecule has 0 amide bonds. The summed E-state index contributed by atoms with van der Waals surface area (Å²) in [6.07, 6.45) is 2.00. The summed E-state index contributed by atoms with van der Waals surface area (Å²) < 4.78 is 5.12. The van der Waals surface area contributed by atoms with Crippen molar-refractivity contribution in [3.8, 4) is 6.07 Å². The topological polar surface area (TPSA) is 66.0 Å². The molecule has 0 aromatic carbocycles. The molecule has 0 saturated carbocycles. The van der Waals surface area contributed by atoms with E-state index in [1.54, 1.807) is 0 Å². The zero-order valence-electron chi connectivity index (χ0n) is 10.1. The van der Waals surface area contributed by atoms with E-state index in [2.05, 4.69) is 21.1 Å². The lowest BCUT2D eigenvalue weighted by Crippen LogP contribution is -2.15. The first-order valence-corrected chi connectivity index (χ1v) is 5.45. The summed E-state index contributed by atoms with van der Waals surface area (Å²) in [6, 6.07) is 2.14. The van der Waals surface area contributed by atoms with Gasteiger partial charge in [-0.15, -0.1) is 0 Å². The van der Waals surface area contributed by atoms with Crippen molar-refractivity contribution in [3.63, 3.8) is 0 Å². The van der Waals surface area contributed by atoms with Crippen LogP contribution in [0.4, 0.5) is 0 Å². The van der Waals surface area contributed by atoms with Crippen LogP contribution in [0.5, 0.6) is 0 Å². The van der Waals surface area contributed by atoms with Crippen molar-refractivity contribution in [1.82, 2.24) is 15.0 Å². The smallest absolute Gasteiger partial charge is 0.226 e. The fraction of sp³-hybridized carbons (Fsp3) is 0.727. The Hall–Kier alpha value is -1.41. The number of hydrogen-bond acceptors (Lipinski definition) is 5. The lowest BCUT2D eigenvalue weighted by molar-refractivity contribution is 0.351. The third kappa shape index (κ3) is 4.41. The van der Waals surface area contributed by atoms with E-state index < -0.39 is 0 Å². The molecule has 0 aliphatic heterocycles. The fourth-order valence-corrected chi connectivity index (χ4v) is 1.32. The molecule has 0 aliphatic rings. The Balaban J connectivity index is 2.42. The summed E-state index contributed by atoms with van der Waals surface area (Å²) in [6.45, 7) is 2.92. The highest BCUT2D eigenvalue weighted by molar-refractivity contribution is 4.89. The molecular weight excluding hydrogens is 204 g/mol. The highest BCUT2D eigenvalue weighted by atomic mass is 16.5. The third-order valence-corrected chi connectivity index (χ3v) is 2.26. The van der Waals surface area contributed by atoms with Gasteiger partial charge in [-0.2, -0.15) is 10.2 Å². The molecule has 0 bridgehead atoms. The second-order valence-electron chi connectivity index (χ2n) is 4.33. The predicted octanol–water partition coefficient (Wildman–Crippen LogP) is 1.27. The first-order valence-electron chi connectivity index (χ1n) is 5.45. The quantitative estimate of drug-likeness (QED) is 0.725. The first-order chi connectivity index (χ1) is 7.61. The zero-order valence-corrected chi connectivity index (χ0v) is 10.1. The molecule has 0 saturated heterocycles. The van der Waals surface area contributed by atoms with Crippen molar-refractivity contribution in [1.29, 1.82) is 5.26 Å². The monoisotopic (exact) mass is 222 g/mol. The Morgan fingerprint density at radius 1 is 1.50 bits per heavy atom. The normalized spacial score (nSPS) is 12.7. The summed E-state index contributed by atoms with van der Waals surface area (Å²) >= 11 is 0. The van der Waals surface area contributed by atoms with Gasteiger partial charge in [-0.05, 0) is 20.0 Å². The molecule has 16 heavy (non-hydrogen) atoms. The lowest BCUT2D eigenvalue weighted by Gasteiger charge is -2.05. The van der Waals surface area contributed by atoms with Crippen molar-refractivity contribution in [2.45, 2.75) is 26.2 Å². The van der Waals surface area contributed by atoms with Gasteiger partial charge in [0.1, 0.15) is 0 Å². The zero-order chi connectivity index (χ0) is 12.0. The van der Waals surface area contributed by atoms with Crippen LogP contribution in [-0.4, -0.2) is 35.7 Å². The Kier molecular flexibility index (Phi) is 4.93. The van der Waals surface area contributed by atoms with Gasteiger partial charge >= 0.3 is 0 Å². The molecule has 1 heterocycles. The maximum Gasteiger partial charge on any atom is 0.226 e. The molecule has 0 N–H and O–H groups in total. The standard InChI is InChI=1S/C11H18N4O/c1-9(4-6-12)8-11-13-10(14-16-11)5-7-15(2)3/h9H,4-5,7-8H2,1-3H3. The number of hydrogen-bond donors (Lipinski definition) is 0. The number of nitrogens with zero attached hydrogens (tertiary/aromatic N) is 4. The van der Waals surface area contributed by atoms with Crippen molar-refractivity contribution in [2.24, 2.45) is 5.92 Å². The molecule has 1 rings (SSSR count). The van der Waals surface area contributed by atoms with E-state index in [1.165, 1.54) is 0 Å². The van der Waals surface area contributed by atoms with Gasteiger partial charge in [-0.25, -0.2) is 0 Å². The van der Waals surface area contributed by atoms with Crippen LogP contribution < -0.4 is 0 Å². The van der Waals surface area contributed by atoms with Gasteiger partial charge in [0, 0.05) is 25.8 Å². The minimum absolute atomic E-state index is 0.271. The van der Waals surface area contributed by atoms with Gasteiger partial charge in [-0.3, -0.25) is 0 Å². The minimum atomic E-state index is 0.271. The number of nitriles is 1. The SMILES string of the molecule is CC(CC#N)Cc1nc(CCN(C)C)no1. The van der Waals surface area contributed by atoms with Crippen molar-refractivity contribution in [2.75, 3.05) is 20.6 Å². The summed E-state index contributed by atoms with van der Waals surface area (Å²) in [5.41, 5.74) is 0. The first kappa shape index (κ1) is 12.7. The van der Waals surface area contributed by atoms with Gasteiger partial charge in [0.25, 0.3) is 0 Å². The Labute approximate surface area is 96.1 Å². The highest BCUT2D eigenvalue weighted by Crippen LogP contribution is 2.09. The molecule has 5 heteroatoms. The predicted molar refractivity (Wildman–Crippen MR) is 59.7 cm³/mol. The van der Waals surface area contributed by atoms with Crippen molar-refractivity contribution >= 4 is 0 Å². The van der Waals surface area contributed by atoms with Crippen molar-refractivity contribution < 1.29 is 4.52 Å². The fourth-order valence-electron chi connectivity index (χ4n) is 1.32. The lowest BCUT2D eigenvalue weighted by atomic mass is 10.1. The molecule has 1 aromatic rings. The van der Waals surface area contributed by atoms with E-state index >= 15 is 0 Å². The third-order valence-electron chi connectivity index (χ3n) is 2.26. The molecule has 88 valence electrons. The van der Waals surface area contributed by atoms with Crippen LogP contribution in [0.2, 0.25) is 0 Å². The molecule has 0 radical (unpaired) electrons. The second kappa shape index (κ2) is 6.23. The Morgan fingerprint density at radius 2 is 2.25 bits per heavy atom. The van der Waals surface area contributed by atoms with Gasteiger partial charge < -0.3 is 9.42 Å². The molecule has 1 aromatic heterocycles. The molecule has 1 unspecified atom stereocenters. The summed E-state index contributed by atoms with van der Waals surface area (Å²) in [5, 5.41) is 12.4. The average Bonchev–Trinajstić information content (AvgIpc) is 2.63. The summed E-state index contributed by atoms with van der Waals surface area (Å²) in [7, 11) is 4.02. The Bertz CT molecular complexity index is 353. The average molecular weight is 222 g/mol. The second-order valence-corrected chi connectivity index (χ2v) is 4.33. The maximum absolute atomic E-state index is 8.54. The largest absolute Gasteiger partial charge is 0.339 e. The number of aromatic nitrogens is 2. The van der Waals surface area contributed by atoms with Crippen LogP contribution in [-0.2, 0) is 12.8 Å². The number of likely N-dealkylation sites (N-methyl/N-ethyl adjacent to an activating group) is 1. The van der Waals surface area contributed by atoms with Gasteiger partial charge in [0.2, 0.25) is 5.89 Å². The molecule has 0 fully saturated rings. The number of rotatable bonds is 6. The summed E-state index contributed by atoms with van der Waals surface area (Å²) in [4.78, 5) is 6.37. The van der Waals surface area contributed by atoms with E-state index in [1.807, 2.05) is 21.0 Å². The van der Waals surface area contributed by atoms with E-state index in [0.717, 1.165) is 18.8 Å². The van der Waals surface area contributed by atoms with Crippen LogP contribution in [0.1, 0.15) is 25.1 Å². The van der Waals surface area contributed by atoms with Crippen LogP contribution in [0.3, 0.4) is 0 Å². The maximum atomic E-state index is 8.54. The van der Waals surface area contributed by atoms with E-state index in [-0.39, 0.29) is 5.92 Å². The van der Waals surface area contributed by atoms with Crippen LogP contribution >= 0.6 is 0 Å². The van der Waals surface area contributed by atoms with Crippen LogP contribution in [0, 0.1) is 17.2 Å². The van der Waals surface area contributed by atoms with Gasteiger partial charge in [-0.1, -0.05) is 12.1 Å². The molecule has 1 atom stereocenters. The van der Waals surface area contributed by atoms with E-state index in [0.29, 0.717) is 18.7 Å². The minimum Gasteiger partial charge on any atom is -0.339 e. The van der Waals surface area contributed by atoms with E-state index in [9.17, 15) is 0 Å². The molecule has 0 spiro atoms.